The van der Waals surface area contributed by atoms with Crippen molar-refractivity contribution in [3.05, 3.63) is 58.4 Å². The second kappa shape index (κ2) is 5.00. The van der Waals surface area contributed by atoms with Gasteiger partial charge in [-0.1, -0.05) is 0 Å². The molecule has 0 atom stereocenters. The van der Waals surface area contributed by atoms with E-state index in [-0.39, 0.29) is 17.5 Å². The highest BCUT2D eigenvalue weighted by Gasteiger charge is 2.33. The largest absolute Gasteiger partial charge is 0.467 e. The summed E-state index contributed by atoms with van der Waals surface area (Å²) in [6, 6.07) is 6.99. The first-order valence-corrected chi connectivity index (χ1v) is 6.65. The lowest BCUT2D eigenvalue weighted by Gasteiger charge is -2.21. The van der Waals surface area contributed by atoms with E-state index in [1.807, 2.05) is 12.1 Å². The van der Waals surface area contributed by atoms with E-state index in [1.165, 1.54) is 10.6 Å². The molecule has 5 nitrogen and oxygen atoms in total. The predicted octanol–water partition coefficient (Wildman–Crippen LogP) is 1.78. The third-order valence-electron chi connectivity index (χ3n) is 3.51. The van der Waals surface area contributed by atoms with Gasteiger partial charge in [0, 0.05) is 30.9 Å². The number of nitrogens with zero attached hydrogens (tertiary/aromatic N) is 2. The molecular formula is C15H16N2O3. The van der Waals surface area contributed by atoms with Crippen LogP contribution in [0.3, 0.4) is 0 Å². The summed E-state index contributed by atoms with van der Waals surface area (Å²) in [4.78, 5) is 26.0. The van der Waals surface area contributed by atoms with Gasteiger partial charge in [0.2, 0.25) is 0 Å². The molecular weight excluding hydrogens is 256 g/mol. The van der Waals surface area contributed by atoms with Gasteiger partial charge in [0.1, 0.15) is 5.76 Å². The van der Waals surface area contributed by atoms with Gasteiger partial charge in [0.15, 0.2) is 0 Å². The molecule has 0 bridgehead atoms. The number of furan rings is 1. The van der Waals surface area contributed by atoms with Crippen molar-refractivity contribution in [2.45, 2.75) is 25.4 Å². The molecule has 0 radical (unpaired) electrons. The van der Waals surface area contributed by atoms with Gasteiger partial charge in [0.25, 0.3) is 11.5 Å². The molecule has 1 saturated carbocycles. The molecule has 104 valence electrons. The lowest BCUT2D eigenvalue weighted by molar-refractivity contribution is 0.0717. The van der Waals surface area contributed by atoms with E-state index in [1.54, 1.807) is 30.5 Å². The van der Waals surface area contributed by atoms with Gasteiger partial charge < -0.3 is 13.9 Å². The topological polar surface area (TPSA) is 55.5 Å². The summed E-state index contributed by atoms with van der Waals surface area (Å²) in [5.41, 5.74) is 0.260. The number of rotatable bonds is 4. The van der Waals surface area contributed by atoms with Gasteiger partial charge >= 0.3 is 0 Å². The van der Waals surface area contributed by atoms with Crippen LogP contribution in [0.2, 0.25) is 0 Å². The van der Waals surface area contributed by atoms with E-state index in [9.17, 15) is 9.59 Å². The zero-order valence-corrected chi connectivity index (χ0v) is 11.3. The molecule has 5 heteroatoms. The lowest BCUT2D eigenvalue weighted by Crippen LogP contribution is -2.33. The van der Waals surface area contributed by atoms with Crippen LogP contribution in [0.4, 0.5) is 0 Å². The number of amides is 1. The fraction of sp³-hybridized carbons (Fsp3) is 0.333. The average molecular weight is 272 g/mol. The summed E-state index contributed by atoms with van der Waals surface area (Å²) >= 11 is 0. The molecule has 0 N–H and O–H groups in total. The first-order valence-electron chi connectivity index (χ1n) is 6.65. The summed E-state index contributed by atoms with van der Waals surface area (Å²) in [5, 5.41) is 0. The number of carbonyl (C=O) groups excluding carboxylic acids is 1. The highest BCUT2D eigenvalue weighted by atomic mass is 16.3. The van der Waals surface area contributed by atoms with Crippen LogP contribution >= 0.6 is 0 Å². The van der Waals surface area contributed by atoms with Crippen LogP contribution in [0, 0.1) is 0 Å². The molecule has 2 heterocycles. The molecule has 0 spiro atoms. The van der Waals surface area contributed by atoms with Crippen LogP contribution in [-0.4, -0.2) is 21.4 Å². The first-order chi connectivity index (χ1) is 9.65. The highest BCUT2D eigenvalue weighted by molar-refractivity contribution is 5.94. The molecule has 2 aromatic heterocycles. The summed E-state index contributed by atoms with van der Waals surface area (Å²) in [6.45, 7) is 0.450. The molecule has 2 aromatic rings. The van der Waals surface area contributed by atoms with Crippen LogP contribution < -0.4 is 5.56 Å². The van der Waals surface area contributed by atoms with Crippen molar-refractivity contribution < 1.29 is 9.21 Å². The van der Waals surface area contributed by atoms with Gasteiger partial charge in [-0.3, -0.25) is 9.59 Å². The second-order valence-corrected chi connectivity index (χ2v) is 5.11. The van der Waals surface area contributed by atoms with Crippen LogP contribution in [0.15, 0.2) is 45.9 Å². The molecule has 1 fully saturated rings. The molecule has 1 aliphatic carbocycles. The number of aromatic nitrogens is 1. The van der Waals surface area contributed by atoms with Crippen molar-refractivity contribution in [2.24, 2.45) is 7.05 Å². The standard InChI is InChI=1S/C15H16N2O3/c1-16-7-6-11(9-14(16)18)15(19)17(12-4-5-12)10-13-3-2-8-20-13/h2-3,6-9,12H,4-5,10H2,1H3. The Morgan fingerprint density at radius 3 is 2.85 bits per heavy atom. The number of hydrogen-bond acceptors (Lipinski definition) is 3. The van der Waals surface area contributed by atoms with Crippen molar-refractivity contribution >= 4 is 5.91 Å². The summed E-state index contributed by atoms with van der Waals surface area (Å²) in [5.74, 6) is 0.649. The minimum atomic E-state index is -0.176. The second-order valence-electron chi connectivity index (χ2n) is 5.11. The summed E-state index contributed by atoms with van der Waals surface area (Å²) in [7, 11) is 1.66. The van der Waals surface area contributed by atoms with E-state index in [4.69, 9.17) is 4.42 Å². The zero-order valence-electron chi connectivity index (χ0n) is 11.3. The SMILES string of the molecule is Cn1ccc(C(=O)N(Cc2ccco2)C2CC2)cc1=O. The van der Waals surface area contributed by atoms with Crippen LogP contribution in [-0.2, 0) is 13.6 Å². The van der Waals surface area contributed by atoms with Gasteiger partial charge in [-0.2, -0.15) is 0 Å². The zero-order chi connectivity index (χ0) is 14.1. The monoisotopic (exact) mass is 272 g/mol. The molecule has 0 aliphatic heterocycles. The van der Waals surface area contributed by atoms with E-state index in [2.05, 4.69) is 0 Å². The van der Waals surface area contributed by atoms with Crippen LogP contribution in [0.25, 0.3) is 0 Å². The first kappa shape index (κ1) is 12.7. The normalized spacial score (nSPS) is 14.2. The fourth-order valence-corrected chi connectivity index (χ4v) is 2.17. The minimum absolute atomic E-state index is 0.110. The molecule has 0 aromatic carbocycles. The Bertz CT molecular complexity index is 669. The molecule has 1 amide bonds. The molecule has 0 unspecified atom stereocenters. The minimum Gasteiger partial charge on any atom is -0.467 e. The lowest BCUT2D eigenvalue weighted by atomic mass is 10.2. The number of carbonyl (C=O) groups is 1. The van der Waals surface area contributed by atoms with Gasteiger partial charge in [-0.15, -0.1) is 0 Å². The fourth-order valence-electron chi connectivity index (χ4n) is 2.17. The summed E-state index contributed by atoms with van der Waals surface area (Å²) < 4.78 is 6.76. The van der Waals surface area contributed by atoms with Crippen molar-refractivity contribution in [1.82, 2.24) is 9.47 Å². The number of pyridine rings is 1. The average Bonchev–Trinajstić information content (AvgIpc) is 3.15. The smallest absolute Gasteiger partial charge is 0.254 e. The Morgan fingerprint density at radius 2 is 2.25 bits per heavy atom. The van der Waals surface area contributed by atoms with E-state index < -0.39 is 0 Å². The molecule has 1 aliphatic rings. The maximum Gasteiger partial charge on any atom is 0.254 e. The van der Waals surface area contributed by atoms with Crippen molar-refractivity contribution in [1.29, 1.82) is 0 Å². The Hall–Kier alpha value is -2.30. The van der Waals surface area contributed by atoms with Crippen LogP contribution in [0.1, 0.15) is 29.0 Å². The van der Waals surface area contributed by atoms with Crippen molar-refractivity contribution in [3.8, 4) is 0 Å². The Labute approximate surface area is 116 Å². The third kappa shape index (κ3) is 2.52. The molecule has 0 saturated heterocycles. The third-order valence-corrected chi connectivity index (χ3v) is 3.51. The van der Waals surface area contributed by atoms with Gasteiger partial charge in [-0.05, 0) is 31.0 Å². The number of hydrogen-bond donors (Lipinski definition) is 0. The van der Waals surface area contributed by atoms with Gasteiger partial charge in [0.05, 0.1) is 12.8 Å². The summed E-state index contributed by atoms with van der Waals surface area (Å²) in [6.07, 6.45) is 5.24. The Kier molecular flexibility index (Phi) is 3.18. The van der Waals surface area contributed by atoms with E-state index in [0.717, 1.165) is 18.6 Å². The Balaban J connectivity index is 1.85. The quantitative estimate of drug-likeness (QED) is 0.852. The predicted molar refractivity (Wildman–Crippen MR) is 73.3 cm³/mol. The maximum atomic E-state index is 12.6. The molecule has 20 heavy (non-hydrogen) atoms. The van der Waals surface area contributed by atoms with Crippen molar-refractivity contribution in [3.63, 3.8) is 0 Å². The molecule has 3 rings (SSSR count). The van der Waals surface area contributed by atoms with Gasteiger partial charge in [-0.25, -0.2) is 0 Å². The van der Waals surface area contributed by atoms with E-state index in [0.29, 0.717) is 12.1 Å². The number of aryl methyl sites for hydroxylation is 1. The van der Waals surface area contributed by atoms with Crippen LogP contribution in [0.5, 0.6) is 0 Å². The Morgan fingerprint density at radius 1 is 1.45 bits per heavy atom. The van der Waals surface area contributed by atoms with Crippen molar-refractivity contribution in [2.75, 3.05) is 0 Å². The van der Waals surface area contributed by atoms with E-state index >= 15 is 0 Å². The highest BCUT2D eigenvalue weighted by Crippen LogP contribution is 2.29. The maximum absolute atomic E-state index is 12.6.